The minimum absolute atomic E-state index is 0.104. The molecule has 7 rings (SSSR count). The van der Waals surface area contributed by atoms with Gasteiger partial charge in [-0.05, 0) is 49.4 Å². The molecule has 0 radical (unpaired) electrons. The smallest absolute Gasteiger partial charge is 0.306 e. The Morgan fingerprint density at radius 2 is 1.94 bits per heavy atom. The van der Waals surface area contributed by atoms with Crippen molar-refractivity contribution in [3.8, 4) is 23.0 Å². The molecule has 2 aromatic carbocycles. The number of ether oxygens (including phenoxy) is 1. The van der Waals surface area contributed by atoms with Crippen molar-refractivity contribution >= 4 is 16.9 Å². The number of pyridine rings is 1. The molecule has 2 atom stereocenters. The molecule has 0 saturated heterocycles. The quantitative estimate of drug-likeness (QED) is 0.198. The maximum absolute atomic E-state index is 15.8. The molecule has 1 aliphatic rings. The van der Waals surface area contributed by atoms with Crippen LogP contribution in [0.5, 0.6) is 11.5 Å². The first-order valence-electron chi connectivity index (χ1n) is 17.0. The summed E-state index contributed by atoms with van der Waals surface area (Å²) in [5.74, 6) is -0.155. The number of aromatic nitrogens is 8. The summed E-state index contributed by atoms with van der Waals surface area (Å²) in [4.78, 5) is 24.5. The van der Waals surface area contributed by atoms with Gasteiger partial charge in [0.05, 0.1) is 23.6 Å². The molecule has 5 heterocycles. The summed E-state index contributed by atoms with van der Waals surface area (Å²) in [6, 6.07) is 14.9. The molecule has 0 saturated carbocycles. The van der Waals surface area contributed by atoms with E-state index in [-0.39, 0.29) is 17.7 Å². The molecule has 0 aliphatic carbocycles. The van der Waals surface area contributed by atoms with Gasteiger partial charge in [-0.2, -0.15) is 5.10 Å². The van der Waals surface area contributed by atoms with Crippen molar-refractivity contribution in [3.63, 3.8) is 0 Å². The van der Waals surface area contributed by atoms with E-state index in [1.54, 1.807) is 40.8 Å². The molecule has 50 heavy (non-hydrogen) atoms. The average molecular weight is 677 g/mol. The monoisotopic (exact) mass is 676 g/mol. The molecule has 0 spiro atoms. The topological polar surface area (TPSA) is 137 Å². The van der Waals surface area contributed by atoms with Crippen molar-refractivity contribution in [1.29, 1.82) is 0 Å². The molecule has 1 unspecified atom stereocenters. The van der Waals surface area contributed by atoms with E-state index in [2.05, 4.69) is 53.2 Å². The number of fused-ring (bicyclic) bond motifs is 10. The molecule has 6 bridgehead atoms. The molecule has 12 heteroatoms. The lowest BCUT2D eigenvalue weighted by Crippen LogP contribution is -2.26. The number of nitrogens with zero attached hydrogens (tertiary/aromatic N) is 7. The first-order chi connectivity index (χ1) is 23.9. The minimum atomic E-state index is -0.824. The standard InChI is InChI=1S/C38H41FN8O3/c1-23(35(48)49)17-24-9-8-10-25(18-24)38(4)14-7-6-13-37(2,3)32-22-47(45-43-32)21-28-27-12-16-40-30(27)20-29(39)33(28)50-26-11-15-41-31(19-26)34-42-36(38)44-46(34)5/h8-12,15-16,18-20,22-23,40H,6-7,13-14,17,21H2,1-5H3,(H,48,49)/t23-,38?/m0/s1. The van der Waals surface area contributed by atoms with E-state index in [0.29, 0.717) is 40.6 Å². The number of aromatic amines is 1. The van der Waals surface area contributed by atoms with Crippen LogP contribution in [-0.4, -0.2) is 50.8 Å². The van der Waals surface area contributed by atoms with Crippen molar-refractivity contribution in [1.82, 2.24) is 39.7 Å². The second-order valence-electron chi connectivity index (χ2n) is 14.3. The van der Waals surface area contributed by atoms with Crippen LogP contribution in [0.15, 0.2) is 67.1 Å². The van der Waals surface area contributed by atoms with Crippen molar-refractivity contribution in [2.45, 2.75) is 77.2 Å². The van der Waals surface area contributed by atoms with E-state index in [9.17, 15) is 9.90 Å². The summed E-state index contributed by atoms with van der Waals surface area (Å²) in [5, 5.41) is 24.4. The number of benzene rings is 2. The van der Waals surface area contributed by atoms with Gasteiger partial charge in [0.15, 0.2) is 23.2 Å². The zero-order chi connectivity index (χ0) is 35.2. The number of nitrogens with one attached hydrogen (secondary N) is 1. The maximum atomic E-state index is 15.8. The zero-order valence-electron chi connectivity index (χ0n) is 28.9. The molecule has 0 amide bonds. The first kappa shape index (κ1) is 33.1. The predicted molar refractivity (Wildman–Crippen MR) is 187 cm³/mol. The van der Waals surface area contributed by atoms with Crippen LogP contribution in [0, 0.1) is 11.7 Å². The average Bonchev–Trinajstić information content (AvgIpc) is 3.85. The Hall–Kier alpha value is -5.39. The highest BCUT2D eigenvalue weighted by atomic mass is 19.1. The Morgan fingerprint density at radius 3 is 2.76 bits per heavy atom. The molecule has 11 nitrogen and oxygen atoms in total. The Morgan fingerprint density at radius 1 is 1.12 bits per heavy atom. The van der Waals surface area contributed by atoms with Gasteiger partial charge in [0.2, 0.25) is 0 Å². The van der Waals surface area contributed by atoms with Crippen LogP contribution in [0.25, 0.3) is 22.4 Å². The molecular formula is C38H41FN8O3. The van der Waals surface area contributed by atoms with Crippen molar-refractivity contribution < 1.29 is 19.0 Å². The van der Waals surface area contributed by atoms with Crippen LogP contribution in [-0.2, 0) is 35.6 Å². The number of aryl methyl sites for hydroxylation is 1. The number of hydrogen-bond acceptors (Lipinski definition) is 7. The fraction of sp³-hybridized carbons (Fsp3) is 0.368. The van der Waals surface area contributed by atoms with Gasteiger partial charge in [-0.1, -0.05) is 63.1 Å². The number of H-pyrrole nitrogens is 1. The van der Waals surface area contributed by atoms with Gasteiger partial charge in [0.25, 0.3) is 0 Å². The van der Waals surface area contributed by atoms with E-state index >= 15 is 4.39 Å². The number of rotatable bonds is 4. The van der Waals surface area contributed by atoms with Crippen LogP contribution >= 0.6 is 0 Å². The highest BCUT2D eigenvalue weighted by molar-refractivity contribution is 5.85. The van der Waals surface area contributed by atoms with Gasteiger partial charge in [0.1, 0.15) is 11.4 Å². The Balaban J connectivity index is 1.34. The number of hydrogen-bond donors (Lipinski definition) is 2. The summed E-state index contributed by atoms with van der Waals surface area (Å²) < 4.78 is 25.6. The molecule has 4 aromatic heterocycles. The predicted octanol–water partition coefficient (Wildman–Crippen LogP) is 7.35. The summed E-state index contributed by atoms with van der Waals surface area (Å²) in [6.07, 6.45) is 9.19. The van der Waals surface area contributed by atoms with E-state index < -0.39 is 23.1 Å². The second kappa shape index (κ2) is 12.8. The van der Waals surface area contributed by atoms with Crippen molar-refractivity contribution in [2.75, 3.05) is 0 Å². The van der Waals surface area contributed by atoms with Gasteiger partial charge < -0.3 is 14.8 Å². The normalized spacial score (nSPS) is 18.4. The summed E-state index contributed by atoms with van der Waals surface area (Å²) in [6.45, 7) is 8.48. The highest BCUT2D eigenvalue weighted by Gasteiger charge is 2.35. The van der Waals surface area contributed by atoms with Gasteiger partial charge in [-0.25, -0.2) is 18.7 Å². The number of halogens is 1. The number of carboxylic acids is 1. The van der Waals surface area contributed by atoms with Gasteiger partial charge in [-0.15, -0.1) is 5.10 Å². The second-order valence-corrected chi connectivity index (χ2v) is 14.3. The van der Waals surface area contributed by atoms with E-state index in [0.717, 1.165) is 47.9 Å². The number of carboxylic acid groups (broad SMARTS) is 1. The largest absolute Gasteiger partial charge is 0.481 e. The molecule has 258 valence electrons. The Labute approximate surface area is 289 Å². The molecular weight excluding hydrogens is 635 g/mol. The molecule has 0 fully saturated rings. The maximum Gasteiger partial charge on any atom is 0.306 e. The van der Waals surface area contributed by atoms with Crippen LogP contribution in [0.1, 0.15) is 81.6 Å². The summed E-state index contributed by atoms with van der Waals surface area (Å²) in [5.41, 5.74) is 3.80. The van der Waals surface area contributed by atoms with Crippen LogP contribution in [0.4, 0.5) is 4.39 Å². The SMILES string of the molecule is C[C@@H](Cc1cccc(C2(C)CCCCC(C)(C)c3cn(nn3)Cc3c(c(F)cc4[nH]ccc34)Oc3ccnc(c3)-c3nc2nn3C)c1)C(=O)O. The fourth-order valence-electron chi connectivity index (χ4n) is 6.94. The van der Waals surface area contributed by atoms with Gasteiger partial charge in [-0.3, -0.25) is 9.78 Å². The number of carbonyl (C=O) groups is 1. The Bertz CT molecular complexity index is 2200. The lowest BCUT2D eigenvalue weighted by Gasteiger charge is -2.29. The molecule has 2 N–H and O–H groups in total. The Kier molecular flexibility index (Phi) is 8.49. The highest BCUT2D eigenvalue weighted by Crippen LogP contribution is 2.40. The molecule has 1 aliphatic heterocycles. The van der Waals surface area contributed by atoms with E-state index in [4.69, 9.17) is 14.8 Å². The third kappa shape index (κ3) is 6.25. The summed E-state index contributed by atoms with van der Waals surface area (Å²) in [7, 11) is 1.84. The third-order valence-corrected chi connectivity index (χ3v) is 10.1. The lowest BCUT2D eigenvalue weighted by molar-refractivity contribution is -0.141. The van der Waals surface area contributed by atoms with Crippen molar-refractivity contribution in [2.24, 2.45) is 13.0 Å². The van der Waals surface area contributed by atoms with Crippen LogP contribution in [0.3, 0.4) is 0 Å². The summed E-state index contributed by atoms with van der Waals surface area (Å²) >= 11 is 0. The van der Waals surface area contributed by atoms with Crippen LogP contribution in [0.2, 0.25) is 0 Å². The molecule has 6 aromatic rings. The fourth-order valence-corrected chi connectivity index (χ4v) is 6.94. The van der Waals surface area contributed by atoms with Gasteiger partial charge >= 0.3 is 5.97 Å². The van der Waals surface area contributed by atoms with E-state index in [1.165, 1.54) is 6.07 Å². The zero-order valence-corrected chi connectivity index (χ0v) is 28.9. The minimum Gasteiger partial charge on any atom is -0.481 e. The third-order valence-electron chi connectivity index (χ3n) is 10.1. The first-order valence-corrected chi connectivity index (χ1v) is 17.0. The van der Waals surface area contributed by atoms with Crippen LogP contribution < -0.4 is 4.74 Å². The van der Waals surface area contributed by atoms with Crippen molar-refractivity contribution in [3.05, 3.63) is 101 Å². The van der Waals surface area contributed by atoms with E-state index in [1.807, 2.05) is 31.4 Å². The lowest BCUT2D eigenvalue weighted by atomic mass is 9.75. The number of aliphatic carboxylic acids is 1. The van der Waals surface area contributed by atoms with Gasteiger partial charge in [0, 0.05) is 59.7 Å².